The van der Waals surface area contributed by atoms with E-state index in [0.29, 0.717) is 11.9 Å². The summed E-state index contributed by atoms with van der Waals surface area (Å²) < 4.78 is 1.64. The number of nitrogens with one attached hydrogen (secondary N) is 1. The molecule has 2 aromatic heterocycles. The van der Waals surface area contributed by atoms with E-state index in [1.165, 1.54) is 0 Å². The van der Waals surface area contributed by atoms with E-state index < -0.39 is 5.54 Å². The van der Waals surface area contributed by atoms with Gasteiger partial charge in [0.25, 0.3) is 0 Å². The number of aliphatic hydroxyl groups is 1. The second-order valence-corrected chi connectivity index (χ2v) is 4.81. The van der Waals surface area contributed by atoms with E-state index in [-0.39, 0.29) is 11.9 Å². The summed E-state index contributed by atoms with van der Waals surface area (Å²) in [6, 6.07) is 0. The number of aromatic nitrogens is 5. The second-order valence-electron chi connectivity index (χ2n) is 4.47. The SMILES string of the molecule is CCC(CC)(CO)Nc1nc(Cl)nc(-n2ccnc2)n1. The number of hydrogen-bond donors (Lipinski definition) is 2. The van der Waals surface area contributed by atoms with E-state index in [0.717, 1.165) is 12.8 Å². The lowest BCUT2D eigenvalue weighted by atomic mass is 9.94. The van der Waals surface area contributed by atoms with Crippen LogP contribution in [0.25, 0.3) is 5.95 Å². The molecule has 2 heterocycles. The first kappa shape index (κ1) is 14.7. The van der Waals surface area contributed by atoms with Crippen LogP contribution in [0.2, 0.25) is 5.28 Å². The molecular formula is C12H17ClN6O. The van der Waals surface area contributed by atoms with Crippen molar-refractivity contribution in [3.63, 3.8) is 0 Å². The van der Waals surface area contributed by atoms with Crippen LogP contribution >= 0.6 is 11.6 Å². The average molecular weight is 297 g/mol. The summed E-state index contributed by atoms with van der Waals surface area (Å²) in [5, 5.41) is 12.8. The van der Waals surface area contributed by atoms with Crippen molar-refractivity contribution in [2.24, 2.45) is 0 Å². The Labute approximate surface area is 122 Å². The molecule has 0 bridgehead atoms. The van der Waals surface area contributed by atoms with Crippen LogP contribution in [0.5, 0.6) is 0 Å². The first-order valence-corrected chi connectivity index (χ1v) is 6.79. The number of hydrogen-bond acceptors (Lipinski definition) is 6. The van der Waals surface area contributed by atoms with Crippen LogP contribution in [0.4, 0.5) is 5.95 Å². The predicted octanol–water partition coefficient (Wildman–Crippen LogP) is 1.67. The molecule has 108 valence electrons. The molecule has 0 aromatic carbocycles. The molecule has 0 fully saturated rings. The Balaban J connectivity index is 2.33. The van der Waals surface area contributed by atoms with E-state index in [1.54, 1.807) is 23.3 Å². The van der Waals surface area contributed by atoms with Crippen LogP contribution in [-0.4, -0.2) is 41.8 Å². The molecule has 2 N–H and O–H groups in total. The van der Waals surface area contributed by atoms with Crippen LogP contribution in [0.3, 0.4) is 0 Å². The molecule has 2 rings (SSSR count). The van der Waals surface area contributed by atoms with Crippen molar-refractivity contribution in [1.29, 1.82) is 0 Å². The molecule has 8 heteroatoms. The lowest BCUT2D eigenvalue weighted by Crippen LogP contribution is -2.41. The van der Waals surface area contributed by atoms with Gasteiger partial charge in [0.15, 0.2) is 0 Å². The monoisotopic (exact) mass is 296 g/mol. The third-order valence-corrected chi connectivity index (χ3v) is 3.53. The van der Waals surface area contributed by atoms with Gasteiger partial charge in [-0.1, -0.05) is 13.8 Å². The smallest absolute Gasteiger partial charge is 0.241 e. The standard InChI is InChI=1S/C12H17ClN6O/c1-3-12(4-2,7-20)18-10-15-9(13)16-11(17-10)19-6-5-14-8-19/h5-6,8,20H,3-4,7H2,1-2H3,(H,15,16,17,18). The second kappa shape index (κ2) is 6.15. The van der Waals surface area contributed by atoms with Gasteiger partial charge in [-0.25, -0.2) is 4.98 Å². The fraction of sp³-hybridized carbons (Fsp3) is 0.500. The Kier molecular flexibility index (Phi) is 4.51. The van der Waals surface area contributed by atoms with Gasteiger partial charge in [-0.2, -0.15) is 15.0 Å². The van der Waals surface area contributed by atoms with Gasteiger partial charge in [0.2, 0.25) is 17.2 Å². The van der Waals surface area contributed by atoms with Gasteiger partial charge < -0.3 is 10.4 Å². The van der Waals surface area contributed by atoms with Crippen molar-refractivity contribution in [3.05, 3.63) is 24.0 Å². The number of rotatable bonds is 6. The van der Waals surface area contributed by atoms with E-state index in [1.807, 2.05) is 13.8 Å². The van der Waals surface area contributed by atoms with Crippen LogP contribution in [-0.2, 0) is 0 Å². The first-order chi connectivity index (χ1) is 9.62. The van der Waals surface area contributed by atoms with Gasteiger partial charge in [0.1, 0.15) is 6.33 Å². The number of halogens is 1. The van der Waals surface area contributed by atoms with Crippen molar-refractivity contribution in [2.45, 2.75) is 32.2 Å². The number of nitrogens with zero attached hydrogens (tertiary/aromatic N) is 5. The minimum Gasteiger partial charge on any atom is -0.394 e. The number of imidazole rings is 1. The fourth-order valence-corrected chi connectivity index (χ4v) is 1.97. The van der Waals surface area contributed by atoms with Gasteiger partial charge in [0, 0.05) is 12.4 Å². The predicted molar refractivity (Wildman–Crippen MR) is 76.0 cm³/mol. The van der Waals surface area contributed by atoms with Gasteiger partial charge in [0.05, 0.1) is 12.1 Å². The highest BCUT2D eigenvalue weighted by Crippen LogP contribution is 2.20. The minimum atomic E-state index is -0.461. The maximum Gasteiger partial charge on any atom is 0.241 e. The maximum atomic E-state index is 9.58. The Morgan fingerprint density at radius 2 is 2.05 bits per heavy atom. The summed E-state index contributed by atoms with van der Waals surface area (Å²) in [6.45, 7) is 3.97. The zero-order valence-electron chi connectivity index (χ0n) is 11.4. The van der Waals surface area contributed by atoms with Gasteiger partial charge in [-0.3, -0.25) is 4.57 Å². The molecule has 20 heavy (non-hydrogen) atoms. The van der Waals surface area contributed by atoms with E-state index >= 15 is 0 Å². The fourth-order valence-electron chi connectivity index (χ4n) is 1.82. The van der Waals surface area contributed by atoms with Gasteiger partial charge in [-0.15, -0.1) is 0 Å². The lowest BCUT2D eigenvalue weighted by molar-refractivity contribution is 0.201. The largest absolute Gasteiger partial charge is 0.394 e. The van der Waals surface area contributed by atoms with E-state index in [4.69, 9.17) is 11.6 Å². The summed E-state index contributed by atoms with van der Waals surface area (Å²) in [4.78, 5) is 16.3. The Morgan fingerprint density at radius 1 is 1.30 bits per heavy atom. The van der Waals surface area contributed by atoms with Gasteiger partial charge >= 0.3 is 0 Å². The molecule has 7 nitrogen and oxygen atoms in total. The third kappa shape index (κ3) is 3.05. The summed E-state index contributed by atoms with van der Waals surface area (Å²) in [6.07, 6.45) is 6.40. The molecule has 0 amide bonds. The molecule has 2 aromatic rings. The van der Waals surface area contributed by atoms with Crippen LogP contribution in [0.15, 0.2) is 18.7 Å². The van der Waals surface area contributed by atoms with Crippen LogP contribution < -0.4 is 5.32 Å². The zero-order chi connectivity index (χ0) is 14.6. The van der Waals surface area contributed by atoms with Crippen molar-refractivity contribution in [2.75, 3.05) is 11.9 Å². The van der Waals surface area contributed by atoms with Crippen LogP contribution in [0, 0.1) is 0 Å². The van der Waals surface area contributed by atoms with Crippen molar-refractivity contribution < 1.29 is 5.11 Å². The van der Waals surface area contributed by atoms with E-state index in [9.17, 15) is 5.11 Å². The molecule has 0 saturated heterocycles. The molecule has 0 atom stereocenters. The molecule has 0 unspecified atom stereocenters. The third-order valence-electron chi connectivity index (χ3n) is 3.36. The summed E-state index contributed by atoms with van der Waals surface area (Å²) in [5.74, 6) is 0.718. The Hall–Kier alpha value is -1.73. The lowest BCUT2D eigenvalue weighted by Gasteiger charge is -2.30. The molecule has 0 saturated carbocycles. The Morgan fingerprint density at radius 3 is 2.60 bits per heavy atom. The molecule has 0 radical (unpaired) electrons. The minimum absolute atomic E-state index is 0.0102. The quantitative estimate of drug-likeness (QED) is 0.843. The molecule has 0 aliphatic carbocycles. The van der Waals surface area contributed by atoms with Crippen molar-refractivity contribution >= 4 is 17.5 Å². The normalized spacial score (nSPS) is 11.6. The van der Waals surface area contributed by atoms with E-state index in [2.05, 4.69) is 25.3 Å². The average Bonchev–Trinajstić information content (AvgIpc) is 2.98. The van der Waals surface area contributed by atoms with Crippen molar-refractivity contribution in [3.8, 4) is 5.95 Å². The number of aliphatic hydroxyl groups excluding tert-OH is 1. The highest BCUT2D eigenvalue weighted by atomic mass is 35.5. The topological polar surface area (TPSA) is 88.8 Å². The highest BCUT2D eigenvalue weighted by molar-refractivity contribution is 6.28. The summed E-state index contributed by atoms with van der Waals surface area (Å²) in [7, 11) is 0. The zero-order valence-corrected chi connectivity index (χ0v) is 12.2. The highest BCUT2D eigenvalue weighted by Gasteiger charge is 2.26. The molecule has 0 aliphatic heterocycles. The molecule has 0 aliphatic rings. The van der Waals surface area contributed by atoms with Crippen LogP contribution in [0.1, 0.15) is 26.7 Å². The Bertz CT molecular complexity index is 547. The molecular weight excluding hydrogens is 280 g/mol. The number of anilines is 1. The van der Waals surface area contributed by atoms with Crippen molar-refractivity contribution in [1.82, 2.24) is 24.5 Å². The maximum absolute atomic E-state index is 9.58. The first-order valence-electron chi connectivity index (χ1n) is 6.41. The van der Waals surface area contributed by atoms with Gasteiger partial charge in [-0.05, 0) is 24.4 Å². The summed E-state index contributed by atoms with van der Waals surface area (Å²) >= 11 is 5.93. The molecule has 0 spiro atoms. The summed E-state index contributed by atoms with van der Waals surface area (Å²) in [5.41, 5.74) is -0.461.